The highest BCUT2D eigenvalue weighted by Gasteiger charge is 2.36. The predicted octanol–water partition coefficient (Wildman–Crippen LogP) is 1.22. The molecule has 1 aromatic rings. The molecule has 0 bridgehead atoms. The maximum atomic E-state index is 12.5. The zero-order chi connectivity index (χ0) is 13.5. The summed E-state index contributed by atoms with van der Waals surface area (Å²) in [5, 5.41) is 0. The van der Waals surface area contributed by atoms with Crippen molar-refractivity contribution in [3.63, 3.8) is 0 Å². The molecule has 2 aliphatic heterocycles. The number of hydrogen-bond donors (Lipinski definition) is 1. The van der Waals surface area contributed by atoms with Crippen LogP contribution in [0.4, 0.5) is 0 Å². The van der Waals surface area contributed by atoms with E-state index in [1.165, 1.54) is 12.6 Å². The van der Waals surface area contributed by atoms with Crippen LogP contribution in [0.1, 0.15) is 18.5 Å². The number of alkyl halides is 1. The van der Waals surface area contributed by atoms with Crippen LogP contribution in [0, 0.1) is 0 Å². The van der Waals surface area contributed by atoms with E-state index in [4.69, 9.17) is 11.6 Å². The van der Waals surface area contributed by atoms with Gasteiger partial charge in [0, 0.05) is 37.6 Å². The van der Waals surface area contributed by atoms with Gasteiger partial charge in [0.15, 0.2) is 0 Å². The summed E-state index contributed by atoms with van der Waals surface area (Å²) in [6, 6.07) is 2.03. The second-order valence-corrected chi connectivity index (χ2v) is 7.39. The Balaban J connectivity index is 1.80. The number of hydrogen-bond acceptors (Lipinski definition) is 3. The Kier molecular flexibility index (Phi) is 3.59. The molecule has 5 nitrogen and oxygen atoms in total. The number of aromatic amines is 1. The van der Waals surface area contributed by atoms with Crippen molar-refractivity contribution in [2.45, 2.75) is 29.7 Å². The van der Waals surface area contributed by atoms with Gasteiger partial charge in [-0.15, -0.1) is 11.6 Å². The number of piperazine rings is 1. The minimum absolute atomic E-state index is 0.298. The van der Waals surface area contributed by atoms with E-state index in [-0.39, 0.29) is 0 Å². The molecule has 0 spiro atoms. The molecule has 19 heavy (non-hydrogen) atoms. The molecule has 0 amide bonds. The normalized spacial score (nSPS) is 25.6. The Morgan fingerprint density at radius 3 is 2.95 bits per heavy atom. The summed E-state index contributed by atoms with van der Waals surface area (Å²) >= 11 is 5.70. The van der Waals surface area contributed by atoms with Crippen LogP contribution in [-0.2, 0) is 15.9 Å². The summed E-state index contributed by atoms with van der Waals surface area (Å²) in [5.41, 5.74) is 0.736. The van der Waals surface area contributed by atoms with Crippen molar-refractivity contribution in [1.82, 2.24) is 14.2 Å². The van der Waals surface area contributed by atoms with Gasteiger partial charge < -0.3 is 4.98 Å². The van der Waals surface area contributed by atoms with Crippen molar-refractivity contribution in [2.24, 2.45) is 0 Å². The van der Waals surface area contributed by atoms with Gasteiger partial charge in [0.2, 0.25) is 10.0 Å². The van der Waals surface area contributed by atoms with Crippen LogP contribution in [0.2, 0.25) is 0 Å². The average molecular weight is 304 g/mol. The van der Waals surface area contributed by atoms with Crippen LogP contribution in [-0.4, -0.2) is 54.8 Å². The molecule has 1 unspecified atom stereocenters. The third kappa shape index (κ3) is 2.42. The molecule has 2 aliphatic rings. The van der Waals surface area contributed by atoms with E-state index in [1.807, 2.05) is 0 Å². The van der Waals surface area contributed by atoms with Gasteiger partial charge >= 0.3 is 0 Å². The molecular weight excluding hydrogens is 286 g/mol. The molecule has 0 saturated carbocycles. The second kappa shape index (κ2) is 5.09. The standard InChI is InChI=1S/C12H18ClN3O2S/c13-7-10-6-12(8-14-10)19(17,18)16-5-4-15-3-1-2-11(15)9-16/h6,8,11,14H,1-5,7,9H2. The quantitative estimate of drug-likeness (QED) is 0.854. The van der Waals surface area contributed by atoms with E-state index in [1.54, 1.807) is 10.4 Å². The number of sulfonamides is 1. The van der Waals surface area contributed by atoms with Gasteiger partial charge in [0.1, 0.15) is 0 Å². The average Bonchev–Trinajstić information content (AvgIpc) is 3.06. The van der Waals surface area contributed by atoms with Gasteiger partial charge in [0.05, 0.1) is 10.8 Å². The summed E-state index contributed by atoms with van der Waals surface area (Å²) in [6.07, 6.45) is 3.82. The lowest BCUT2D eigenvalue weighted by atomic mass is 10.2. The Morgan fingerprint density at radius 1 is 1.37 bits per heavy atom. The van der Waals surface area contributed by atoms with Gasteiger partial charge in [-0.1, -0.05) is 0 Å². The van der Waals surface area contributed by atoms with Crippen LogP contribution >= 0.6 is 11.6 Å². The van der Waals surface area contributed by atoms with Gasteiger partial charge in [0.25, 0.3) is 0 Å². The summed E-state index contributed by atoms with van der Waals surface area (Å²) in [4.78, 5) is 5.62. The Bertz CT molecular complexity index is 557. The Labute approximate surface area is 118 Å². The van der Waals surface area contributed by atoms with Crippen molar-refractivity contribution in [3.8, 4) is 0 Å². The van der Waals surface area contributed by atoms with E-state index in [0.29, 0.717) is 29.9 Å². The molecule has 0 radical (unpaired) electrons. The third-order valence-corrected chi connectivity index (χ3v) is 6.18. The number of nitrogens with zero attached hydrogens (tertiary/aromatic N) is 2. The number of fused-ring (bicyclic) bond motifs is 1. The molecule has 1 aromatic heterocycles. The molecule has 0 aliphatic carbocycles. The molecule has 1 N–H and O–H groups in total. The highest BCUT2D eigenvalue weighted by Crippen LogP contribution is 2.26. The van der Waals surface area contributed by atoms with E-state index in [0.717, 1.165) is 25.2 Å². The molecule has 7 heteroatoms. The third-order valence-electron chi connectivity index (χ3n) is 4.05. The van der Waals surface area contributed by atoms with E-state index >= 15 is 0 Å². The SMILES string of the molecule is O=S(=O)(c1c[nH]c(CCl)c1)N1CCN2CCCC2C1. The number of rotatable bonds is 3. The fourth-order valence-corrected chi connectivity index (χ4v) is 4.62. The zero-order valence-corrected chi connectivity index (χ0v) is 12.3. The molecule has 0 aromatic carbocycles. The van der Waals surface area contributed by atoms with Crippen molar-refractivity contribution < 1.29 is 8.42 Å². The number of nitrogens with one attached hydrogen (secondary N) is 1. The minimum atomic E-state index is -3.37. The summed E-state index contributed by atoms with van der Waals surface area (Å²) in [7, 11) is -3.37. The molecule has 3 rings (SSSR count). The van der Waals surface area contributed by atoms with Crippen LogP contribution in [0.15, 0.2) is 17.2 Å². The lowest BCUT2D eigenvalue weighted by molar-refractivity contribution is 0.158. The van der Waals surface area contributed by atoms with Gasteiger partial charge in [-0.05, 0) is 25.5 Å². The van der Waals surface area contributed by atoms with Gasteiger partial charge in [-0.2, -0.15) is 4.31 Å². The first kappa shape index (κ1) is 13.4. The van der Waals surface area contributed by atoms with Crippen LogP contribution in [0.5, 0.6) is 0 Å². The molecule has 106 valence electrons. The first-order chi connectivity index (χ1) is 9.11. The maximum absolute atomic E-state index is 12.5. The van der Waals surface area contributed by atoms with E-state index < -0.39 is 10.0 Å². The molecule has 3 heterocycles. The molecule has 2 saturated heterocycles. The fraction of sp³-hybridized carbons (Fsp3) is 0.667. The molecule has 2 fully saturated rings. The monoisotopic (exact) mass is 303 g/mol. The topological polar surface area (TPSA) is 56.4 Å². The predicted molar refractivity (Wildman–Crippen MR) is 73.7 cm³/mol. The lowest BCUT2D eigenvalue weighted by Gasteiger charge is -2.36. The lowest BCUT2D eigenvalue weighted by Crippen LogP contribution is -2.51. The Morgan fingerprint density at radius 2 is 2.21 bits per heavy atom. The second-order valence-electron chi connectivity index (χ2n) is 5.19. The van der Waals surface area contributed by atoms with Crippen LogP contribution in [0.3, 0.4) is 0 Å². The molecular formula is C12H18ClN3O2S. The minimum Gasteiger partial charge on any atom is -0.363 e. The van der Waals surface area contributed by atoms with Crippen molar-refractivity contribution in [3.05, 3.63) is 18.0 Å². The fourth-order valence-electron chi connectivity index (χ4n) is 2.97. The van der Waals surface area contributed by atoms with Gasteiger partial charge in [-0.25, -0.2) is 8.42 Å². The van der Waals surface area contributed by atoms with Crippen molar-refractivity contribution >= 4 is 21.6 Å². The number of halogens is 1. The smallest absolute Gasteiger partial charge is 0.244 e. The Hall–Kier alpha value is -0.560. The largest absolute Gasteiger partial charge is 0.363 e. The van der Waals surface area contributed by atoms with Crippen molar-refractivity contribution in [2.75, 3.05) is 26.2 Å². The number of aromatic nitrogens is 1. The highest BCUT2D eigenvalue weighted by molar-refractivity contribution is 7.89. The summed E-state index contributed by atoms with van der Waals surface area (Å²) in [6.45, 7) is 3.15. The summed E-state index contributed by atoms with van der Waals surface area (Å²) < 4.78 is 26.7. The zero-order valence-electron chi connectivity index (χ0n) is 10.7. The van der Waals surface area contributed by atoms with E-state index in [2.05, 4.69) is 9.88 Å². The summed E-state index contributed by atoms with van der Waals surface area (Å²) in [5.74, 6) is 0.298. The molecule has 1 atom stereocenters. The van der Waals surface area contributed by atoms with E-state index in [9.17, 15) is 8.42 Å². The number of H-pyrrole nitrogens is 1. The first-order valence-electron chi connectivity index (χ1n) is 6.59. The van der Waals surface area contributed by atoms with Crippen LogP contribution < -0.4 is 0 Å². The maximum Gasteiger partial charge on any atom is 0.244 e. The van der Waals surface area contributed by atoms with Gasteiger partial charge in [-0.3, -0.25) is 4.90 Å². The van der Waals surface area contributed by atoms with Crippen LogP contribution in [0.25, 0.3) is 0 Å². The first-order valence-corrected chi connectivity index (χ1v) is 8.56. The highest BCUT2D eigenvalue weighted by atomic mass is 35.5. The van der Waals surface area contributed by atoms with Crippen molar-refractivity contribution in [1.29, 1.82) is 0 Å².